The third-order valence-electron chi connectivity index (χ3n) is 4.17. The Morgan fingerprint density at radius 1 is 1.24 bits per heavy atom. The summed E-state index contributed by atoms with van der Waals surface area (Å²) in [5.41, 5.74) is 4.67. The second-order valence-electron chi connectivity index (χ2n) is 5.28. The van der Waals surface area contributed by atoms with Gasteiger partial charge in [0.15, 0.2) is 0 Å². The van der Waals surface area contributed by atoms with Gasteiger partial charge in [-0.15, -0.1) is 0 Å². The van der Waals surface area contributed by atoms with E-state index in [4.69, 9.17) is 9.94 Å². The minimum absolute atomic E-state index is 0.554. The number of anilines is 1. The van der Waals surface area contributed by atoms with Crippen LogP contribution in [0.2, 0.25) is 0 Å². The Bertz CT molecular complexity index is 578. The van der Waals surface area contributed by atoms with Crippen LogP contribution in [0.5, 0.6) is 0 Å². The summed E-state index contributed by atoms with van der Waals surface area (Å²) in [6.07, 6.45) is 1.03. The second-order valence-corrected chi connectivity index (χ2v) is 5.28. The van der Waals surface area contributed by atoms with Gasteiger partial charge in [-0.25, -0.2) is 4.79 Å². The third kappa shape index (κ3) is 2.53. The Balaban J connectivity index is 1.82. The predicted molar refractivity (Wildman–Crippen MR) is 80.1 cm³/mol. The lowest BCUT2D eigenvalue weighted by atomic mass is 10.1. The second kappa shape index (κ2) is 5.63. The van der Waals surface area contributed by atoms with E-state index in [-0.39, 0.29) is 0 Å². The van der Waals surface area contributed by atoms with Crippen molar-refractivity contribution in [3.8, 4) is 0 Å². The van der Waals surface area contributed by atoms with E-state index >= 15 is 0 Å². The summed E-state index contributed by atoms with van der Waals surface area (Å²) >= 11 is 0. The first-order valence-corrected chi connectivity index (χ1v) is 7.16. The van der Waals surface area contributed by atoms with Gasteiger partial charge >= 0.3 is 6.09 Å². The van der Waals surface area contributed by atoms with Crippen LogP contribution in [0.25, 0.3) is 0 Å². The quantitative estimate of drug-likeness (QED) is 0.843. The largest absolute Gasteiger partial charge is 0.465 e. The fourth-order valence-electron chi connectivity index (χ4n) is 3.13. The summed E-state index contributed by atoms with van der Waals surface area (Å²) < 4.78 is 0. The van der Waals surface area contributed by atoms with E-state index in [1.165, 1.54) is 16.2 Å². The molecule has 0 radical (unpaired) electrons. The van der Waals surface area contributed by atoms with Crippen LogP contribution in [0.4, 0.5) is 10.5 Å². The van der Waals surface area contributed by atoms with E-state index in [0.29, 0.717) is 13.1 Å². The molecule has 1 N–H and O–H groups in total. The van der Waals surface area contributed by atoms with Crippen molar-refractivity contribution in [2.45, 2.75) is 12.8 Å². The lowest BCUT2D eigenvalue weighted by Gasteiger charge is -2.35. The number of hydrogen-bond donors (Lipinski definition) is 1. The SMILES string of the molecule is CON=C1CCc2c1cccc2N1CCN(C(=O)O)CC1. The highest BCUT2D eigenvalue weighted by molar-refractivity contribution is 6.05. The number of oxime groups is 1. The molecule has 0 saturated carbocycles. The van der Waals surface area contributed by atoms with Crippen molar-refractivity contribution in [1.29, 1.82) is 0 Å². The number of carboxylic acid groups (broad SMARTS) is 1. The highest BCUT2D eigenvalue weighted by atomic mass is 16.6. The van der Waals surface area contributed by atoms with Crippen molar-refractivity contribution in [2.24, 2.45) is 5.16 Å². The van der Waals surface area contributed by atoms with Crippen LogP contribution >= 0.6 is 0 Å². The zero-order valence-corrected chi connectivity index (χ0v) is 12.1. The smallest absolute Gasteiger partial charge is 0.407 e. The molecule has 0 bridgehead atoms. The minimum atomic E-state index is -0.831. The number of benzene rings is 1. The molecule has 3 rings (SSSR count). The average molecular weight is 289 g/mol. The van der Waals surface area contributed by atoms with Gasteiger partial charge < -0.3 is 19.7 Å². The maximum Gasteiger partial charge on any atom is 0.407 e. The van der Waals surface area contributed by atoms with Crippen LogP contribution < -0.4 is 4.90 Å². The molecule has 0 unspecified atom stereocenters. The fourth-order valence-corrected chi connectivity index (χ4v) is 3.13. The number of amides is 1. The molecular formula is C15H19N3O3. The number of fused-ring (bicyclic) bond motifs is 1. The first-order valence-electron chi connectivity index (χ1n) is 7.16. The third-order valence-corrected chi connectivity index (χ3v) is 4.17. The zero-order chi connectivity index (χ0) is 14.8. The van der Waals surface area contributed by atoms with Crippen LogP contribution in [-0.2, 0) is 11.3 Å². The summed E-state index contributed by atoms with van der Waals surface area (Å²) in [6, 6.07) is 6.23. The molecule has 1 aromatic carbocycles. The average Bonchev–Trinajstić information content (AvgIpc) is 2.91. The van der Waals surface area contributed by atoms with Gasteiger partial charge in [-0.2, -0.15) is 0 Å². The van der Waals surface area contributed by atoms with Gasteiger partial charge in [0.1, 0.15) is 7.11 Å². The summed E-state index contributed by atoms with van der Waals surface area (Å²) in [4.78, 5) is 19.6. The Morgan fingerprint density at radius 2 is 2.00 bits per heavy atom. The highest BCUT2D eigenvalue weighted by Crippen LogP contribution is 2.32. The number of carbonyl (C=O) groups is 1. The van der Waals surface area contributed by atoms with Crippen molar-refractivity contribution >= 4 is 17.5 Å². The molecule has 1 saturated heterocycles. The molecule has 1 aromatic rings. The van der Waals surface area contributed by atoms with Crippen LogP contribution in [0, 0.1) is 0 Å². The number of piperazine rings is 1. The van der Waals surface area contributed by atoms with Crippen LogP contribution in [-0.4, -0.2) is 55.1 Å². The van der Waals surface area contributed by atoms with E-state index in [1.54, 1.807) is 7.11 Å². The maximum absolute atomic E-state index is 11.0. The molecule has 2 aliphatic rings. The Hall–Kier alpha value is -2.24. The fraction of sp³-hybridized carbons (Fsp3) is 0.467. The Labute approximate surface area is 123 Å². The normalized spacial score (nSPS) is 19.8. The van der Waals surface area contributed by atoms with Crippen LogP contribution in [0.3, 0.4) is 0 Å². The first kappa shape index (κ1) is 13.7. The van der Waals surface area contributed by atoms with Crippen molar-refractivity contribution in [3.05, 3.63) is 29.3 Å². The zero-order valence-electron chi connectivity index (χ0n) is 12.1. The van der Waals surface area contributed by atoms with Gasteiger partial charge in [0.05, 0.1) is 5.71 Å². The molecule has 6 heteroatoms. The molecule has 6 nitrogen and oxygen atoms in total. The van der Waals surface area contributed by atoms with Gasteiger partial charge in [0.25, 0.3) is 0 Å². The molecule has 1 amide bonds. The summed E-state index contributed by atoms with van der Waals surface area (Å²) in [5.74, 6) is 0. The lowest BCUT2D eigenvalue weighted by Crippen LogP contribution is -2.48. The molecule has 21 heavy (non-hydrogen) atoms. The summed E-state index contributed by atoms with van der Waals surface area (Å²) in [5, 5.41) is 13.1. The van der Waals surface area contributed by atoms with E-state index in [2.05, 4.69) is 22.2 Å². The number of rotatable bonds is 2. The number of nitrogens with zero attached hydrogens (tertiary/aromatic N) is 3. The van der Waals surface area contributed by atoms with Gasteiger partial charge in [-0.3, -0.25) is 0 Å². The van der Waals surface area contributed by atoms with Crippen molar-refractivity contribution in [3.63, 3.8) is 0 Å². The summed E-state index contributed by atoms with van der Waals surface area (Å²) in [7, 11) is 1.57. The van der Waals surface area contributed by atoms with Gasteiger partial charge in [-0.05, 0) is 24.5 Å². The monoisotopic (exact) mass is 289 g/mol. The van der Waals surface area contributed by atoms with Gasteiger partial charge in [-0.1, -0.05) is 17.3 Å². The molecule has 0 spiro atoms. The molecular weight excluding hydrogens is 270 g/mol. The van der Waals surface area contributed by atoms with Crippen molar-refractivity contribution in [1.82, 2.24) is 4.90 Å². The van der Waals surface area contributed by atoms with Crippen LogP contribution in [0.1, 0.15) is 17.5 Å². The highest BCUT2D eigenvalue weighted by Gasteiger charge is 2.26. The van der Waals surface area contributed by atoms with E-state index in [0.717, 1.165) is 37.2 Å². The van der Waals surface area contributed by atoms with E-state index < -0.39 is 6.09 Å². The van der Waals surface area contributed by atoms with Gasteiger partial charge in [0.2, 0.25) is 0 Å². The van der Waals surface area contributed by atoms with Crippen molar-refractivity contribution < 1.29 is 14.7 Å². The topological polar surface area (TPSA) is 65.4 Å². The van der Waals surface area contributed by atoms with E-state index in [1.807, 2.05) is 6.07 Å². The molecule has 1 fully saturated rings. The molecule has 112 valence electrons. The summed E-state index contributed by atoms with van der Waals surface area (Å²) in [6.45, 7) is 2.58. The minimum Gasteiger partial charge on any atom is -0.465 e. The lowest BCUT2D eigenvalue weighted by molar-refractivity contribution is 0.142. The first-order chi connectivity index (χ1) is 10.2. The standard InChI is InChI=1S/C15H19N3O3/c1-21-16-13-6-5-12-11(13)3-2-4-14(12)17-7-9-18(10-8-17)15(19)20/h2-4H,5-10H2,1H3,(H,19,20). The maximum atomic E-state index is 11.0. The van der Waals surface area contributed by atoms with Crippen LogP contribution in [0.15, 0.2) is 23.4 Å². The van der Waals surface area contributed by atoms with Gasteiger partial charge in [0, 0.05) is 37.4 Å². The van der Waals surface area contributed by atoms with E-state index in [9.17, 15) is 4.79 Å². The Morgan fingerprint density at radius 3 is 2.67 bits per heavy atom. The molecule has 1 aliphatic heterocycles. The molecule has 1 heterocycles. The number of hydrogen-bond acceptors (Lipinski definition) is 4. The molecule has 0 atom stereocenters. The Kier molecular flexibility index (Phi) is 3.68. The molecule has 1 aliphatic carbocycles. The van der Waals surface area contributed by atoms with Crippen molar-refractivity contribution in [2.75, 3.05) is 38.2 Å². The molecule has 0 aromatic heterocycles. The predicted octanol–water partition coefficient (Wildman–Crippen LogP) is 1.78.